The highest BCUT2D eigenvalue weighted by Gasteiger charge is 2.47. The smallest absolute Gasteiger partial charge is 0.203 e. The summed E-state index contributed by atoms with van der Waals surface area (Å²) in [5.74, 6) is 0. The van der Waals surface area contributed by atoms with Gasteiger partial charge in [0.2, 0.25) is 0 Å². The summed E-state index contributed by atoms with van der Waals surface area (Å²) in [7, 11) is -5.42. The van der Waals surface area contributed by atoms with E-state index < -0.39 is 21.6 Å². The molecular weight excluding hydrogens is 370 g/mol. The zero-order valence-electron chi connectivity index (χ0n) is 10.5. The van der Waals surface area contributed by atoms with E-state index in [9.17, 15) is 21.6 Å². The van der Waals surface area contributed by atoms with Gasteiger partial charge in [0.15, 0.2) is 0 Å². The molecule has 1 aromatic carbocycles. The Labute approximate surface area is 134 Å². The second-order valence-corrected chi connectivity index (χ2v) is 8.59. The van der Waals surface area contributed by atoms with Gasteiger partial charge in [0.05, 0.1) is 10.0 Å². The summed E-state index contributed by atoms with van der Waals surface area (Å²) >= 11 is 13.2. The third kappa shape index (κ3) is 3.61. The number of thioether (sulfide) groups is 1. The predicted octanol–water partition coefficient (Wildman–Crippen LogP) is 4.36. The molecule has 1 N–H and O–H groups in total. The molecule has 118 valence electrons. The van der Waals surface area contributed by atoms with Gasteiger partial charge >= 0.3 is 15.5 Å². The van der Waals surface area contributed by atoms with Crippen LogP contribution in [0, 0.1) is 0 Å². The zero-order chi connectivity index (χ0) is 16.0. The van der Waals surface area contributed by atoms with Crippen molar-refractivity contribution in [1.29, 1.82) is 0 Å². The lowest BCUT2D eigenvalue weighted by Crippen LogP contribution is -2.40. The van der Waals surface area contributed by atoms with Crippen molar-refractivity contribution in [3.8, 4) is 0 Å². The molecule has 1 aromatic rings. The summed E-state index contributed by atoms with van der Waals surface area (Å²) in [6.07, 6.45) is 0.227. The predicted molar refractivity (Wildman–Crippen MR) is 77.2 cm³/mol. The second kappa shape index (κ2) is 5.81. The van der Waals surface area contributed by atoms with Crippen LogP contribution in [-0.2, 0) is 10.0 Å². The molecule has 0 spiro atoms. The van der Waals surface area contributed by atoms with Gasteiger partial charge in [-0.25, -0.2) is 8.42 Å². The minimum absolute atomic E-state index is 0.0596. The Hall–Kier alpha value is -0.150. The van der Waals surface area contributed by atoms with Gasteiger partial charge in [0.1, 0.15) is 0 Å². The molecule has 0 saturated carbocycles. The van der Waals surface area contributed by atoms with Crippen molar-refractivity contribution in [3.63, 3.8) is 0 Å². The van der Waals surface area contributed by atoms with Gasteiger partial charge in [-0.2, -0.15) is 17.9 Å². The van der Waals surface area contributed by atoms with Crippen molar-refractivity contribution < 1.29 is 21.6 Å². The number of halogens is 5. The van der Waals surface area contributed by atoms with Crippen LogP contribution in [0.2, 0.25) is 10.0 Å². The topological polar surface area (TPSA) is 46.2 Å². The summed E-state index contributed by atoms with van der Waals surface area (Å²) in [4.78, 5) is 0.623. The van der Waals surface area contributed by atoms with Crippen LogP contribution in [-0.4, -0.2) is 19.2 Å². The van der Waals surface area contributed by atoms with Crippen LogP contribution in [0.15, 0.2) is 17.0 Å². The highest BCUT2D eigenvalue weighted by Crippen LogP contribution is 2.44. The van der Waals surface area contributed by atoms with Crippen molar-refractivity contribution >= 4 is 45.0 Å². The zero-order valence-corrected chi connectivity index (χ0v) is 13.7. The van der Waals surface area contributed by atoms with Crippen molar-refractivity contribution in [2.45, 2.75) is 35.0 Å². The Morgan fingerprint density at radius 1 is 1.29 bits per heavy atom. The van der Waals surface area contributed by atoms with Crippen LogP contribution in [0.1, 0.15) is 24.9 Å². The lowest BCUT2D eigenvalue weighted by atomic mass is 10.0. The maximum absolute atomic E-state index is 12.5. The van der Waals surface area contributed by atoms with E-state index in [4.69, 9.17) is 23.2 Å². The van der Waals surface area contributed by atoms with E-state index in [-0.39, 0.29) is 21.7 Å². The average molecular weight is 380 g/mol. The molecule has 21 heavy (non-hydrogen) atoms. The van der Waals surface area contributed by atoms with Gasteiger partial charge in [-0.1, -0.05) is 30.1 Å². The Morgan fingerprint density at radius 3 is 2.43 bits per heavy atom. The normalized spacial score (nSPS) is 23.0. The summed E-state index contributed by atoms with van der Waals surface area (Å²) in [5, 5.41) is 0.381. The second-order valence-electron chi connectivity index (χ2n) is 4.59. The summed E-state index contributed by atoms with van der Waals surface area (Å²) in [6.45, 7) is 1.80. The molecule has 3 nitrogen and oxygen atoms in total. The highest BCUT2D eigenvalue weighted by atomic mass is 35.5. The number of alkyl halides is 3. The van der Waals surface area contributed by atoms with E-state index in [1.54, 1.807) is 11.6 Å². The molecule has 0 fully saturated rings. The molecule has 0 aliphatic carbocycles. The third-order valence-corrected chi connectivity index (χ3v) is 6.05. The number of fused-ring (bicyclic) bond motifs is 1. The number of hydrogen-bond acceptors (Lipinski definition) is 3. The maximum atomic E-state index is 12.5. The van der Waals surface area contributed by atoms with Gasteiger partial charge < -0.3 is 0 Å². The highest BCUT2D eigenvalue weighted by molar-refractivity contribution is 8.00. The molecule has 10 heteroatoms. The van der Waals surface area contributed by atoms with E-state index >= 15 is 0 Å². The van der Waals surface area contributed by atoms with Gasteiger partial charge in [-0.3, -0.25) is 0 Å². The van der Waals surface area contributed by atoms with Crippen molar-refractivity contribution in [2.24, 2.45) is 0 Å². The molecule has 0 bridgehead atoms. The largest absolute Gasteiger partial charge is 0.511 e. The molecule has 2 rings (SSSR count). The first-order chi connectivity index (χ1) is 9.51. The molecule has 0 radical (unpaired) electrons. The number of nitrogens with one attached hydrogen (secondary N) is 1. The maximum Gasteiger partial charge on any atom is 0.511 e. The van der Waals surface area contributed by atoms with Crippen LogP contribution < -0.4 is 4.72 Å². The van der Waals surface area contributed by atoms with Crippen LogP contribution in [0.5, 0.6) is 0 Å². The number of sulfonamides is 1. The minimum atomic E-state index is -5.42. The molecule has 0 saturated heterocycles. The van der Waals surface area contributed by atoms with Crippen molar-refractivity contribution in [1.82, 2.24) is 4.72 Å². The number of benzene rings is 1. The molecule has 1 heterocycles. The van der Waals surface area contributed by atoms with Gasteiger partial charge in [-0.15, -0.1) is 11.8 Å². The molecule has 1 aliphatic rings. The van der Waals surface area contributed by atoms with Gasteiger partial charge in [0, 0.05) is 16.2 Å². The summed E-state index contributed by atoms with van der Waals surface area (Å²) in [5.41, 5.74) is -4.95. The van der Waals surface area contributed by atoms with Crippen LogP contribution in [0.4, 0.5) is 13.2 Å². The molecular formula is C11H10Cl2F3NO2S2. The fourth-order valence-corrected chi connectivity index (χ4v) is 4.38. The summed E-state index contributed by atoms with van der Waals surface area (Å²) < 4.78 is 61.8. The molecule has 0 unspecified atom stereocenters. The number of rotatable bonds is 2. The Kier molecular flexibility index (Phi) is 4.76. The average Bonchev–Trinajstić information content (AvgIpc) is 2.29. The van der Waals surface area contributed by atoms with E-state index in [0.717, 1.165) is 0 Å². The standard InChI is InChI=1S/C11H10Cl2F3NO2S2/c1-5-2-9(17-21(18,19)11(14,15)16)6-3-7(12)8(13)4-10(6)20-5/h3-5,9,17H,2H2,1H3/t5-,9-/m0/s1. The Bertz CT molecular complexity index is 664. The first-order valence-electron chi connectivity index (χ1n) is 5.75. The third-order valence-electron chi connectivity index (χ3n) is 2.93. The monoisotopic (exact) mass is 379 g/mol. The Morgan fingerprint density at radius 2 is 1.86 bits per heavy atom. The SMILES string of the molecule is C[C@H]1C[C@H](NS(=O)(=O)C(F)(F)F)c2cc(Cl)c(Cl)cc2S1. The first-order valence-corrected chi connectivity index (χ1v) is 8.87. The van der Waals surface area contributed by atoms with Crippen molar-refractivity contribution in [2.75, 3.05) is 0 Å². The van der Waals surface area contributed by atoms with Gasteiger partial charge in [0.25, 0.3) is 0 Å². The summed E-state index contributed by atoms with van der Waals surface area (Å²) in [6, 6.07) is 1.95. The van der Waals surface area contributed by atoms with Crippen LogP contribution in [0.3, 0.4) is 0 Å². The van der Waals surface area contributed by atoms with E-state index in [2.05, 4.69) is 0 Å². The lowest BCUT2D eigenvalue weighted by Gasteiger charge is -2.30. The molecule has 0 aromatic heterocycles. The van der Waals surface area contributed by atoms with Crippen LogP contribution in [0.25, 0.3) is 0 Å². The number of hydrogen-bond donors (Lipinski definition) is 1. The lowest BCUT2D eigenvalue weighted by molar-refractivity contribution is -0.0451. The Balaban J connectivity index is 2.42. The van der Waals surface area contributed by atoms with E-state index in [1.165, 1.54) is 23.9 Å². The van der Waals surface area contributed by atoms with Crippen LogP contribution >= 0.6 is 35.0 Å². The molecule has 2 atom stereocenters. The minimum Gasteiger partial charge on any atom is -0.203 e. The van der Waals surface area contributed by atoms with Crippen molar-refractivity contribution in [3.05, 3.63) is 27.7 Å². The first kappa shape index (κ1) is 17.2. The quantitative estimate of drug-likeness (QED) is 0.830. The van der Waals surface area contributed by atoms with Gasteiger partial charge in [-0.05, 0) is 24.1 Å². The van der Waals surface area contributed by atoms with E-state index in [0.29, 0.717) is 10.5 Å². The molecule has 1 aliphatic heterocycles. The molecule has 0 amide bonds. The van der Waals surface area contributed by atoms with E-state index in [1.807, 2.05) is 0 Å². The fourth-order valence-electron chi connectivity index (χ4n) is 2.01. The fraction of sp³-hybridized carbons (Fsp3) is 0.455.